The second-order valence-corrected chi connectivity index (χ2v) is 2.63. The average Bonchev–Trinajstić information content (AvgIpc) is 2.63. The summed E-state index contributed by atoms with van der Waals surface area (Å²) in [6.07, 6.45) is 3.69. The number of aryl methyl sites for hydroxylation is 1. The van der Waals surface area contributed by atoms with Crippen molar-refractivity contribution in [2.75, 3.05) is 0 Å². The van der Waals surface area contributed by atoms with Crippen molar-refractivity contribution in [1.29, 1.82) is 0 Å². The Bertz CT molecular complexity index is 385. The first-order chi connectivity index (χ1) is 7.13. The van der Waals surface area contributed by atoms with E-state index in [0.717, 1.165) is 6.26 Å². The Labute approximate surface area is 85.1 Å². The van der Waals surface area contributed by atoms with Crippen LogP contribution in [0, 0.1) is 10.1 Å². The van der Waals surface area contributed by atoms with E-state index in [0.29, 0.717) is 0 Å². The zero-order valence-electron chi connectivity index (χ0n) is 7.83. The summed E-state index contributed by atoms with van der Waals surface area (Å²) in [5.74, 6) is -0.687. The number of carbonyl (C=O) groups is 1. The van der Waals surface area contributed by atoms with Gasteiger partial charge < -0.3 is 19.4 Å². The van der Waals surface area contributed by atoms with Crippen LogP contribution in [0.3, 0.4) is 0 Å². The quantitative estimate of drug-likeness (QED) is 0.312. The van der Waals surface area contributed by atoms with Crippen LogP contribution in [0.4, 0.5) is 5.82 Å². The van der Waals surface area contributed by atoms with E-state index < -0.39 is 10.9 Å². The zero-order valence-corrected chi connectivity index (χ0v) is 7.83. The molecule has 0 amide bonds. The molecule has 0 bridgehead atoms. The number of imidazole rings is 1. The van der Waals surface area contributed by atoms with E-state index in [9.17, 15) is 14.9 Å². The van der Waals surface area contributed by atoms with Crippen LogP contribution < -0.4 is 0 Å². The van der Waals surface area contributed by atoms with Gasteiger partial charge in [-0.05, 0) is 9.91 Å². The largest absolute Gasteiger partial charge is 0.435 e. The second-order valence-electron chi connectivity index (χ2n) is 2.63. The summed E-state index contributed by atoms with van der Waals surface area (Å²) in [7, 11) is 0. The highest BCUT2D eigenvalue weighted by Crippen LogP contribution is 2.06. The highest BCUT2D eigenvalue weighted by molar-refractivity contribution is 5.69. The Morgan fingerprint density at radius 1 is 1.80 bits per heavy atom. The predicted octanol–water partition coefficient (Wildman–Crippen LogP) is 0.868. The van der Waals surface area contributed by atoms with Crippen LogP contribution in [0.1, 0.15) is 6.42 Å². The smallest absolute Gasteiger partial charge is 0.381 e. The number of hydrogen-bond acceptors (Lipinski definition) is 5. The molecule has 7 nitrogen and oxygen atoms in total. The topological polar surface area (TPSA) is 87.3 Å². The van der Waals surface area contributed by atoms with Gasteiger partial charge in [-0.25, -0.2) is 0 Å². The fourth-order valence-corrected chi connectivity index (χ4v) is 0.937. The van der Waals surface area contributed by atoms with Crippen LogP contribution in [0.15, 0.2) is 25.4 Å². The summed E-state index contributed by atoms with van der Waals surface area (Å²) in [6.45, 7) is 3.52. The van der Waals surface area contributed by atoms with E-state index in [2.05, 4.69) is 16.3 Å². The molecule has 0 saturated heterocycles. The molecule has 0 aromatic carbocycles. The molecule has 0 saturated carbocycles. The summed E-state index contributed by atoms with van der Waals surface area (Å²) in [6, 6.07) is 0. The Morgan fingerprint density at radius 3 is 3.07 bits per heavy atom. The second kappa shape index (κ2) is 4.89. The maximum Gasteiger partial charge on any atom is 0.381 e. The lowest BCUT2D eigenvalue weighted by molar-refractivity contribution is -0.389. The molecule has 0 aliphatic rings. The van der Waals surface area contributed by atoms with Crippen molar-refractivity contribution in [1.82, 2.24) is 9.55 Å². The number of ether oxygens (including phenoxy) is 1. The molecular weight excluding hydrogens is 202 g/mol. The Hall–Kier alpha value is -2.18. The predicted molar refractivity (Wildman–Crippen MR) is 49.8 cm³/mol. The first kappa shape index (κ1) is 10.9. The molecule has 0 N–H and O–H groups in total. The molecule has 80 valence electrons. The first-order valence-electron chi connectivity index (χ1n) is 4.10. The Balaban J connectivity index is 2.47. The fourth-order valence-electron chi connectivity index (χ4n) is 0.937. The first-order valence-corrected chi connectivity index (χ1v) is 4.10. The summed E-state index contributed by atoms with van der Waals surface area (Å²) >= 11 is 0. The number of aromatic nitrogens is 2. The highest BCUT2D eigenvalue weighted by Gasteiger charge is 2.10. The van der Waals surface area contributed by atoms with Crippen LogP contribution in [0.25, 0.3) is 0 Å². The van der Waals surface area contributed by atoms with Crippen molar-refractivity contribution in [3.63, 3.8) is 0 Å². The Kier molecular flexibility index (Phi) is 3.55. The van der Waals surface area contributed by atoms with Crippen molar-refractivity contribution < 1.29 is 14.5 Å². The molecule has 0 aliphatic carbocycles. The van der Waals surface area contributed by atoms with E-state index >= 15 is 0 Å². The van der Waals surface area contributed by atoms with Gasteiger partial charge in [0.15, 0.2) is 0 Å². The third kappa shape index (κ3) is 3.22. The zero-order chi connectivity index (χ0) is 11.3. The normalized spacial score (nSPS) is 9.60. The maximum absolute atomic E-state index is 10.9. The van der Waals surface area contributed by atoms with Crippen molar-refractivity contribution in [2.45, 2.75) is 13.0 Å². The van der Waals surface area contributed by atoms with Crippen molar-refractivity contribution in [2.24, 2.45) is 0 Å². The third-order valence-corrected chi connectivity index (χ3v) is 1.60. The minimum Gasteiger partial charge on any atom is -0.435 e. The van der Waals surface area contributed by atoms with Crippen LogP contribution in [-0.4, -0.2) is 20.4 Å². The molecule has 0 spiro atoms. The standard InChI is InChI=1S/C8H9N3O4/c1-2-15-8(12)3-4-10-5-7(9-6-10)11(13)14/h2,5-6H,1,3-4H2. The number of nitro groups is 1. The Morgan fingerprint density at radius 2 is 2.53 bits per heavy atom. The summed E-state index contributed by atoms with van der Waals surface area (Å²) in [5, 5.41) is 10.3. The van der Waals surface area contributed by atoms with E-state index in [1.54, 1.807) is 0 Å². The number of nitrogens with zero attached hydrogens (tertiary/aromatic N) is 3. The molecule has 0 radical (unpaired) electrons. The summed E-state index contributed by atoms with van der Waals surface area (Å²) in [4.78, 5) is 24.1. The molecule has 0 aliphatic heterocycles. The van der Waals surface area contributed by atoms with Crippen LogP contribution in [0.5, 0.6) is 0 Å². The van der Waals surface area contributed by atoms with Crippen LogP contribution in [-0.2, 0) is 16.1 Å². The molecule has 1 heterocycles. The lowest BCUT2D eigenvalue weighted by Gasteiger charge is -1.98. The van der Waals surface area contributed by atoms with E-state index in [-0.39, 0.29) is 18.8 Å². The van der Waals surface area contributed by atoms with Gasteiger partial charge in [0.25, 0.3) is 0 Å². The summed E-state index contributed by atoms with van der Waals surface area (Å²) in [5.41, 5.74) is 0. The van der Waals surface area contributed by atoms with E-state index in [1.165, 1.54) is 17.1 Å². The van der Waals surface area contributed by atoms with Gasteiger partial charge in [0.1, 0.15) is 6.20 Å². The third-order valence-electron chi connectivity index (χ3n) is 1.60. The lowest BCUT2D eigenvalue weighted by Crippen LogP contribution is -2.05. The SMILES string of the molecule is C=COC(=O)CCn1cnc([N+](=O)[O-])c1. The van der Waals surface area contributed by atoms with E-state index in [1.807, 2.05) is 0 Å². The minimum absolute atomic E-state index is 0.111. The van der Waals surface area contributed by atoms with Gasteiger partial charge in [0.2, 0.25) is 6.33 Å². The maximum atomic E-state index is 10.9. The molecule has 0 unspecified atom stereocenters. The fraction of sp³-hybridized carbons (Fsp3) is 0.250. The molecule has 0 atom stereocenters. The molecule has 7 heteroatoms. The highest BCUT2D eigenvalue weighted by atomic mass is 16.6. The molecular formula is C8H9N3O4. The minimum atomic E-state index is -0.599. The van der Waals surface area contributed by atoms with Gasteiger partial charge in [-0.3, -0.25) is 4.79 Å². The molecule has 1 aromatic heterocycles. The van der Waals surface area contributed by atoms with Crippen LogP contribution >= 0.6 is 0 Å². The molecule has 1 rings (SSSR count). The molecule has 1 aromatic rings. The summed E-state index contributed by atoms with van der Waals surface area (Å²) < 4.78 is 5.92. The lowest BCUT2D eigenvalue weighted by atomic mass is 10.4. The van der Waals surface area contributed by atoms with Crippen molar-refractivity contribution >= 4 is 11.8 Å². The van der Waals surface area contributed by atoms with Gasteiger partial charge >= 0.3 is 11.8 Å². The molecule has 15 heavy (non-hydrogen) atoms. The van der Waals surface area contributed by atoms with Gasteiger partial charge in [0.05, 0.1) is 12.7 Å². The van der Waals surface area contributed by atoms with Crippen molar-refractivity contribution in [3.8, 4) is 0 Å². The van der Waals surface area contributed by atoms with Crippen molar-refractivity contribution in [3.05, 3.63) is 35.5 Å². The van der Waals surface area contributed by atoms with Gasteiger partial charge in [-0.2, -0.15) is 0 Å². The number of esters is 1. The monoisotopic (exact) mass is 211 g/mol. The number of rotatable bonds is 5. The molecule has 0 fully saturated rings. The average molecular weight is 211 g/mol. The van der Waals surface area contributed by atoms with E-state index in [4.69, 9.17) is 0 Å². The van der Waals surface area contributed by atoms with Gasteiger partial charge in [0, 0.05) is 6.54 Å². The number of hydrogen-bond donors (Lipinski definition) is 0. The number of carbonyl (C=O) groups excluding carboxylic acids is 1. The van der Waals surface area contributed by atoms with Gasteiger partial charge in [-0.15, -0.1) is 0 Å². The van der Waals surface area contributed by atoms with Crippen LogP contribution in [0.2, 0.25) is 0 Å². The van der Waals surface area contributed by atoms with Gasteiger partial charge in [-0.1, -0.05) is 6.58 Å².